The van der Waals surface area contributed by atoms with Crippen molar-refractivity contribution in [3.05, 3.63) is 89.5 Å². The van der Waals surface area contributed by atoms with Crippen LogP contribution in [0.5, 0.6) is 5.75 Å². The molecule has 0 bridgehead atoms. The summed E-state index contributed by atoms with van der Waals surface area (Å²) in [5, 5.41) is 11.3. The van der Waals surface area contributed by atoms with Crippen LogP contribution >= 0.6 is 0 Å². The van der Waals surface area contributed by atoms with E-state index in [2.05, 4.69) is 19.9 Å². The first-order valence-electron chi connectivity index (χ1n) is 9.25. The Hall–Kier alpha value is -3.78. The normalized spacial score (nSPS) is 12.5. The number of aromatic nitrogens is 4. The molecule has 6 nitrogen and oxygen atoms in total. The van der Waals surface area contributed by atoms with E-state index in [0.717, 1.165) is 23.2 Å². The lowest BCUT2D eigenvalue weighted by atomic mass is 10.0. The summed E-state index contributed by atoms with van der Waals surface area (Å²) in [5.41, 5.74) is 2.36. The minimum atomic E-state index is -1.36. The molecule has 3 aromatic heterocycles. The van der Waals surface area contributed by atoms with Gasteiger partial charge in [0, 0.05) is 35.0 Å². The number of nitrogens with one attached hydrogen (secondary N) is 2. The van der Waals surface area contributed by atoms with Crippen molar-refractivity contribution < 1.29 is 18.6 Å². The maximum atomic E-state index is 14.7. The number of rotatable bonds is 5. The van der Waals surface area contributed by atoms with Crippen LogP contribution in [0.4, 0.5) is 8.78 Å². The number of ether oxygens (including phenoxy) is 1. The Kier molecular flexibility index (Phi) is 4.40. The molecule has 0 saturated carbocycles. The van der Waals surface area contributed by atoms with Crippen molar-refractivity contribution in [3.63, 3.8) is 0 Å². The zero-order chi connectivity index (χ0) is 20.7. The number of hydrogen-bond donors (Lipinski definition) is 3. The third-order valence-corrected chi connectivity index (χ3v) is 4.93. The van der Waals surface area contributed by atoms with Crippen LogP contribution in [0, 0.1) is 11.6 Å². The second kappa shape index (κ2) is 7.23. The highest BCUT2D eigenvalue weighted by atomic mass is 19.1. The molecular weight excluding hydrogens is 390 g/mol. The Balaban J connectivity index is 1.40. The molecule has 5 rings (SSSR count). The predicted molar refractivity (Wildman–Crippen MR) is 107 cm³/mol. The number of fused-ring (bicyclic) bond motifs is 2. The minimum absolute atomic E-state index is 0.0545. The minimum Gasteiger partial charge on any atom is -0.483 e. The predicted octanol–water partition coefficient (Wildman–Crippen LogP) is 4.38. The molecule has 30 heavy (non-hydrogen) atoms. The molecule has 0 fully saturated rings. The third-order valence-electron chi connectivity index (χ3n) is 4.93. The van der Waals surface area contributed by atoms with E-state index >= 15 is 0 Å². The highest BCUT2D eigenvalue weighted by Gasteiger charge is 2.22. The summed E-state index contributed by atoms with van der Waals surface area (Å²) in [6.45, 7) is -0.0545. The van der Waals surface area contributed by atoms with Gasteiger partial charge in [-0.15, -0.1) is 0 Å². The first-order chi connectivity index (χ1) is 14.6. The van der Waals surface area contributed by atoms with Gasteiger partial charge in [-0.05, 0) is 30.3 Å². The molecule has 0 amide bonds. The Morgan fingerprint density at radius 1 is 1.03 bits per heavy atom. The van der Waals surface area contributed by atoms with Gasteiger partial charge in [0.05, 0.1) is 11.0 Å². The summed E-state index contributed by atoms with van der Waals surface area (Å²) in [7, 11) is 0. The summed E-state index contributed by atoms with van der Waals surface area (Å²) in [6, 6.07) is 12.8. The highest BCUT2D eigenvalue weighted by molar-refractivity contribution is 5.80. The molecular formula is C22H16F2N4O2. The topological polar surface area (TPSA) is 86.8 Å². The van der Waals surface area contributed by atoms with Crippen molar-refractivity contribution in [2.45, 2.75) is 12.7 Å². The molecule has 0 aliphatic rings. The van der Waals surface area contributed by atoms with Crippen LogP contribution in [0.15, 0.2) is 60.9 Å². The van der Waals surface area contributed by atoms with E-state index in [4.69, 9.17) is 4.74 Å². The van der Waals surface area contributed by atoms with Crippen LogP contribution in [0.2, 0.25) is 0 Å². The Bertz CT molecular complexity index is 1330. The molecule has 0 spiro atoms. The molecule has 0 saturated heterocycles. The second-order valence-corrected chi connectivity index (χ2v) is 6.84. The number of para-hydroxylation sites is 2. The molecule has 3 heterocycles. The fraction of sp³-hybridized carbons (Fsp3) is 0.0909. The second-order valence-electron chi connectivity index (χ2n) is 6.84. The van der Waals surface area contributed by atoms with Crippen molar-refractivity contribution in [3.8, 4) is 5.75 Å². The van der Waals surface area contributed by atoms with Gasteiger partial charge in [0.1, 0.15) is 30.0 Å². The fourth-order valence-corrected chi connectivity index (χ4v) is 3.46. The highest BCUT2D eigenvalue weighted by Crippen LogP contribution is 2.32. The summed E-state index contributed by atoms with van der Waals surface area (Å²) in [5.74, 6) is -1.32. The molecule has 150 valence electrons. The lowest BCUT2D eigenvalue weighted by Crippen LogP contribution is -2.05. The summed E-state index contributed by atoms with van der Waals surface area (Å²) in [4.78, 5) is 14.5. The zero-order valence-corrected chi connectivity index (χ0v) is 15.6. The number of imidazole rings is 1. The first kappa shape index (κ1) is 18.3. The maximum Gasteiger partial charge on any atom is 0.165 e. The number of aliphatic hydroxyl groups is 1. The smallest absolute Gasteiger partial charge is 0.165 e. The van der Waals surface area contributed by atoms with Crippen molar-refractivity contribution in [1.29, 1.82) is 0 Å². The largest absolute Gasteiger partial charge is 0.483 e. The molecule has 3 N–H and O–H groups in total. The van der Waals surface area contributed by atoms with Crippen molar-refractivity contribution >= 4 is 22.1 Å². The lowest BCUT2D eigenvalue weighted by Gasteiger charge is -2.14. The first-order valence-corrected chi connectivity index (χ1v) is 9.25. The van der Waals surface area contributed by atoms with Crippen molar-refractivity contribution in [2.24, 2.45) is 0 Å². The van der Waals surface area contributed by atoms with Gasteiger partial charge in [-0.25, -0.2) is 18.7 Å². The van der Waals surface area contributed by atoms with Gasteiger partial charge in [0.15, 0.2) is 11.6 Å². The SMILES string of the molecule is O[C@@H](c1cc(F)c(OCc2nc3ccccc3[nH]2)cc1F)c1c[nH]c2ncccc12. The van der Waals surface area contributed by atoms with E-state index < -0.39 is 17.7 Å². The van der Waals surface area contributed by atoms with E-state index in [9.17, 15) is 13.9 Å². The van der Waals surface area contributed by atoms with Gasteiger partial charge in [-0.2, -0.15) is 0 Å². The quantitative estimate of drug-likeness (QED) is 0.404. The Labute approximate surface area is 169 Å². The van der Waals surface area contributed by atoms with Crippen molar-refractivity contribution in [2.75, 3.05) is 0 Å². The summed E-state index contributed by atoms with van der Waals surface area (Å²) >= 11 is 0. The maximum absolute atomic E-state index is 14.7. The summed E-state index contributed by atoms with van der Waals surface area (Å²) < 4.78 is 34.7. The van der Waals surface area contributed by atoms with E-state index in [1.807, 2.05) is 24.3 Å². The number of halogens is 2. The van der Waals surface area contributed by atoms with E-state index in [-0.39, 0.29) is 17.9 Å². The Morgan fingerprint density at radius 3 is 2.77 bits per heavy atom. The van der Waals surface area contributed by atoms with Crippen LogP contribution in [-0.4, -0.2) is 25.0 Å². The van der Waals surface area contributed by atoms with Crippen molar-refractivity contribution in [1.82, 2.24) is 19.9 Å². The van der Waals surface area contributed by atoms with E-state index in [1.165, 1.54) is 6.20 Å². The van der Waals surface area contributed by atoms with Crippen LogP contribution in [0.3, 0.4) is 0 Å². The van der Waals surface area contributed by atoms with Crippen LogP contribution in [0.25, 0.3) is 22.1 Å². The Morgan fingerprint density at radius 2 is 1.90 bits per heavy atom. The lowest BCUT2D eigenvalue weighted by molar-refractivity contribution is 0.214. The zero-order valence-electron chi connectivity index (χ0n) is 15.6. The standard InChI is InChI=1S/C22H16F2N4O2/c23-15-9-19(30-11-20-27-17-5-1-2-6-18(17)28-20)16(24)8-13(15)21(29)14-10-26-22-12(14)4-3-7-25-22/h1-10,21,29H,11H2,(H,25,26)(H,27,28)/t21-/m0/s1. The monoisotopic (exact) mass is 406 g/mol. The van der Waals surface area contributed by atoms with Gasteiger partial charge >= 0.3 is 0 Å². The van der Waals surface area contributed by atoms with Gasteiger partial charge in [-0.1, -0.05) is 12.1 Å². The summed E-state index contributed by atoms with van der Waals surface area (Å²) in [6.07, 6.45) is 1.77. The van der Waals surface area contributed by atoms with Crippen LogP contribution in [-0.2, 0) is 6.61 Å². The van der Waals surface area contributed by atoms with Gasteiger partial charge in [0.25, 0.3) is 0 Å². The van der Waals surface area contributed by atoms with Gasteiger partial charge in [-0.3, -0.25) is 0 Å². The van der Waals surface area contributed by atoms with Crippen LogP contribution < -0.4 is 4.74 Å². The number of H-pyrrole nitrogens is 2. The average Bonchev–Trinajstić information content (AvgIpc) is 3.37. The third kappa shape index (κ3) is 3.17. The molecule has 8 heteroatoms. The number of pyridine rings is 1. The number of aromatic amines is 2. The van der Waals surface area contributed by atoms with Crippen LogP contribution in [0.1, 0.15) is 23.1 Å². The van der Waals surface area contributed by atoms with E-state index in [0.29, 0.717) is 22.4 Å². The van der Waals surface area contributed by atoms with Gasteiger partial charge < -0.3 is 19.8 Å². The molecule has 0 aliphatic heterocycles. The number of benzene rings is 2. The fourth-order valence-electron chi connectivity index (χ4n) is 3.46. The molecule has 2 aromatic carbocycles. The molecule has 0 radical (unpaired) electrons. The average molecular weight is 406 g/mol. The number of aliphatic hydroxyl groups excluding tert-OH is 1. The molecule has 0 unspecified atom stereocenters. The molecule has 5 aromatic rings. The molecule has 0 aliphatic carbocycles. The number of hydrogen-bond acceptors (Lipinski definition) is 4. The number of nitrogens with zero attached hydrogens (tertiary/aromatic N) is 2. The molecule has 1 atom stereocenters. The van der Waals surface area contributed by atoms with E-state index in [1.54, 1.807) is 18.3 Å². The van der Waals surface area contributed by atoms with Gasteiger partial charge in [0.2, 0.25) is 0 Å².